The number of nitro groups is 1. The van der Waals surface area contributed by atoms with E-state index >= 15 is 0 Å². The normalized spacial score (nSPS) is 15.8. The number of nitrogens with zero attached hydrogens (tertiary/aromatic N) is 4. The van der Waals surface area contributed by atoms with Gasteiger partial charge in [0.2, 0.25) is 0 Å². The third kappa shape index (κ3) is 4.92. The van der Waals surface area contributed by atoms with Gasteiger partial charge >= 0.3 is 0 Å². The summed E-state index contributed by atoms with van der Waals surface area (Å²) in [7, 11) is 0. The number of nitro benzene ring substituents is 1. The Kier molecular flexibility index (Phi) is 5.86. The Bertz CT molecular complexity index is 838. The van der Waals surface area contributed by atoms with Crippen molar-refractivity contribution in [3.8, 4) is 0 Å². The van der Waals surface area contributed by atoms with Crippen molar-refractivity contribution in [3.05, 3.63) is 74.8 Å². The summed E-state index contributed by atoms with van der Waals surface area (Å²) < 4.78 is 0. The first-order valence-corrected chi connectivity index (χ1v) is 9.26. The molecule has 2 aromatic carbocycles. The molecule has 27 heavy (non-hydrogen) atoms. The summed E-state index contributed by atoms with van der Waals surface area (Å²) in [6, 6.07) is 13.2. The molecular weight excluding hydrogens is 340 g/mol. The maximum atomic E-state index is 10.8. The minimum atomic E-state index is -0.384. The molecule has 0 N–H and O–H groups in total. The minimum absolute atomic E-state index is 0.103. The van der Waals surface area contributed by atoms with E-state index in [1.54, 1.807) is 12.1 Å². The molecule has 3 rings (SSSR count). The molecule has 0 bridgehead atoms. The summed E-state index contributed by atoms with van der Waals surface area (Å²) in [5, 5.41) is 17.6. The largest absolute Gasteiger partial charge is 0.295 e. The van der Waals surface area contributed by atoms with Crippen LogP contribution < -0.4 is 0 Å². The van der Waals surface area contributed by atoms with Gasteiger partial charge in [-0.2, -0.15) is 5.10 Å². The molecule has 1 saturated heterocycles. The second-order valence-corrected chi connectivity index (χ2v) is 7.15. The van der Waals surface area contributed by atoms with E-state index < -0.39 is 0 Å². The quantitative estimate of drug-likeness (QED) is 0.459. The first-order chi connectivity index (χ1) is 12.9. The molecule has 0 aromatic heterocycles. The monoisotopic (exact) mass is 366 g/mol. The lowest BCUT2D eigenvalue weighted by Crippen LogP contribution is -2.43. The first kappa shape index (κ1) is 19.0. The van der Waals surface area contributed by atoms with Crippen molar-refractivity contribution in [2.75, 3.05) is 26.2 Å². The molecular formula is C21H26N4O2. The van der Waals surface area contributed by atoms with Gasteiger partial charge in [-0.3, -0.25) is 20.0 Å². The predicted molar refractivity (Wildman–Crippen MR) is 108 cm³/mol. The lowest BCUT2D eigenvalue weighted by atomic mass is 10.1. The van der Waals surface area contributed by atoms with Gasteiger partial charge in [0.1, 0.15) is 0 Å². The third-order valence-corrected chi connectivity index (χ3v) is 5.03. The highest BCUT2D eigenvalue weighted by Gasteiger charge is 2.17. The van der Waals surface area contributed by atoms with E-state index in [9.17, 15) is 10.1 Å². The molecule has 1 aliphatic heterocycles. The number of hydrazone groups is 1. The number of hydrogen-bond acceptors (Lipinski definition) is 5. The van der Waals surface area contributed by atoms with Crippen LogP contribution in [0, 0.1) is 24.0 Å². The van der Waals surface area contributed by atoms with E-state index in [-0.39, 0.29) is 10.6 Å². The van der Waals surface area contributed by atoms with Crippen LogP contribution in [0.15, 0.2) is 47.6 Å². The molecule has 0 spiro atoms. The maximum absolute atomic E-state index is 10.8. The SMILES string of the molecule is C/C(=N\N1CCN(Cc2ccc(C)cc2C)CC1)c1ccc([N+](=O)[O-])cc1. The molecule has 6 nitrogen and oxygen atoms in total. The molecule has 0 atom stereocenters. The molecule has 1 fully saturated rings. The molecule has 0 unspecified atom stereocenters. The summed E-state index contributed by atoms with van der Waals surface area (Å²) in [4.78, 5) is 12.8. The van der Waals surface area contributed by atoms with Crippen molar-refractivity contribution in [3.63, 3.8) is 0 Å². The average molecular weight is 366 g/mol. The average Bonchev–Trinajstić information content (AvgIpc) is 2.65. The fourth-order valence-electron chi connectivity index (χ4n) is 3.35. The standard InChI is InChI=1S/C21H26N4O2/c1-16-4-5-20(17(2)14-16)15-23-10-12-24(13-11-23)22-18(3)19-6-8-21(9-7-19)25(26)27/h4-9,14H,10-13,15H2,1-3H3/b22-18+. The maximum Gasteiger partial charge on any atom is 0.269 e. The van der Waals surface area contributed by atoms with Crippen molar-refractivity contribution in [1.29, 1.82) is 0 Å². The molecule has 6 heteroatoms. The Morgan fingerprint density at radius 3 is 2.33 bits per heavy atom. The fourth-order valence-corrected chi connectivity index (χ4v) is 3.35. The summed E-state index contributed by atoms with van der Waals surface area (Å²) in [6.45, 7) is 10.9. The van der Waals surface area contributed by atoms with Gasteiger partial charge in [-0.05, 0) is 49.6 Å². The lowest BCUT2D eigenvalue weighted by molar-refractivity contribution is -0.384. The van der Waals surface area contributed by atoms with Crippen LogP contribution in [0.1, 0.15) is 29.2 Å². The van der Waals surface area contributed by atoms with E-state index in [4.69, 9.17) is 5.10 Å². The van der Waals surface area contributed by atoms with Gasteiger partial charge < -0.3 is 0 Å². The molecule has 0 radical (unpaired) electrons. The molecule has 2 aromatic rings. The summed E-state index contributed by atoms with van der Waals surface area (Å²) in [6.07, 6.45) is 0. The van der Waals surface area contributed by atoms with Gasteiger partial charge in [0.15, 0.2) is 0 Å². The fraction of sp³-hybridized carbons (Fsp3) is 0.381. The highest BCUT2D eigenvalue weighted by Crippen LogP contribution is 2.16. The van der Waals surface area contributed by atoms with Gasteiger partial charge in [-0.1, -0.05) is 23.8 Å². The van der Waals surface area contributed by atoms with Crippen LogP contribution in [0.2, 0.25) is 0 Å². The Labute approximate surface area is 160 Å². The minimum Gasteiger partial charge on any atom is -0.295 e. The number of rotatable bonds is 5. The molecule has 142 valence electrons. The van der Waals surface area contributed by atoms with Gasteiger partial charge in [0, 0.05) is 44.9 Å². The van der Waals surface area contributed by atoms with Crippen LogP contribution in [-0.2, 0) is 6.54 Å². The van der Waals surface area contributed by atoms with Crippen LogP contribution in [0.5, 0.6) is 0 Å². The molecule has 0 saturated carbocycles. The summed E-state index contributed by atoms with van der Waals surface area (Å²) in [5.74, 6) is 0. The number of benzene rings is 2. The Balaban J connectivity index is 1.56. The Morgan fingerprint density at radius 2 is 1.74 bits per heavy atom. The van der Waals surface area contributed by atoms with Crippen LogP contribution in [0.25, 0.3) is 0 Å². The summed E-state index contributed by atoms with van der Waals surface area (Å²) >= 11 is 0. The van der Waals surface area contributed by atoms with E-state index in [0.29, 0.717) is 0 Å². The van der Waals surface area contributed by atoms with Crippen molar-refractivity contribution >= 4 is 11.4 Å². The number of hydrogen-bond donors (Lipinski definition) is 0. The van der Waals surface area contributed by atoms with Crippen molar-refractivity contribution in [2.45, 2.75) is 27.3 Å². The number of aryl methyl sites for hydroxylation is 2. The van der Waals surface area contributed by atoms with Gasteiger partial charge in [0.25, 0.3) is 5.69 Å². The molecule has 0 aliphatic carbocycles. The van der Waals surface area contributed by atoms with Gasteiger partial charge in [0.05, 0.1) is 10.6 Å². The van der Waals surface area contributed by atoms with E-state index in [2.05, 4.69) is 42.0 Å². The van der Waals surface area contributed by atoms with E-state index in [1.807, 2.05) is 6.92 Å². The van der Waals surface area contributed by atoms with Gasteiger partial charge in [-0.25, -0.2) is 0 Å². The predicted octanol–water partition coefficient (Wildman–Crippen LogP) is 3.75. The topological polar surface area (TPSA) is 62.0 Å². The second kappa shape index (κ2) is 8.31. The first-order valence-electron chi connectivity index (χ1n) is 9.26. The molecule has 1 aliphatic rings. The highest BCUT2D eigenvalue weighted by atomic mass is 16.6. The van der Waals surface area contributed by atoms with Gasteiger partial charge in [-0.15, -0.1) is 0 Å². The Hall–Kier alpha value is -2.73. The number of piperazine rings is 1. The highest BCUT2D eigenvalue weighted by molar-refractivity contribution is 5.98. The van der Waals surface area contributed by atoms with Crippen molar-refractivity contribution in [2.24, 2.45) is 5.10 Å². The summed E-state index contributed by atoms with van der Waals surface area (Å²) in [5.41, 5.74) is 5.94. The molecule has 0 amide bonds. The van der Waals surface area contributed by atoms with Crippen LogP contribution in [0.4, 0.5) is 5.69 Å². The third-order valence-electron chi connectivity index (χ3n) is 5.03. The van der Waals surface area contributed by atoms with Crippen molar-refractivity contribution in [1.82, 2.24) is 9.91 Å². The Morgan fingerprint density at radius 1 is 1.07 bits per heavy atom. The zero-order chi connectivity index (χ0) is 19.4. The smallest absolute Gasteiger partial charge is 0.269 e. The van der Waals surface area contributed by atoms with Crippen LogP contribution >= 0.6 is 0 Å². The van der Waals surface area contributed by atoms with Crippen molar-refractivity contribution < 1.29 is 4.92 Å². The zero-order valence-corrected chi connectivity index (χ0v) is 16.2. The lowest BCUT2D eigenvalue weighted by Gasteiger charge is -2.33. The second-order valence-electron chi connectivity index (χ2n) is 7.15. The van der Waals surface area contributed by atoms with E-state index in [0.717, 1.165) is 44.0 Å². The molecule has 1 heterocycles. The number of non-ortho nitro benzene ring substituents is 1. The van der Waals surface area contributed by atoms with E-state index in [1.165, 1.54) is 28.8 Å². The van der Waals surface area contributed by atoms with Crippen LogP contribution in [0.3, 0.4) is 0 Å². The van der Waals surface area contributed by atoms with Crippen LogP contribution in [-0.4, -0.2) is 46.7 Å². The zero-order valence-electron chi connectivity index (χ0n) is 16.2.